The second kappa shape index (κ2) is 4.67. The molecule has 6 heteroatoms. The second-order valence-corrected chi connectivity index (χ2v) is 4.45. The molecule has 0 radical (unpaired) electrons. The van der Waals surface area contributed by atoms with Crippen LogP contribution >= 0.6 is 11.5 Å². The van der Waals surface area contributed by atoms with Crippen LogP contribution in [-0.2, 0) is 0 Å². The lowest BCUT2D eigenvalue weighted by atomic mass is 9.95. The summed E-state index contributed by atoms with van der Waals surface area (Å²) in [5.41, 5.74) is 0.422. The van der Waals surface area contributed by atoms with Gasteiger partial charge in [0.05, 0.1) is 0 Å². The quantitative estimate of drug-likeness (QED) is 0.759. The summed E-state index contributed by atoms with van der Waals surface area (Å²) in [7, 11) is 0. The van der Waals surface area contributed by atoms with E-state index in [1.807, 2.05) is 0 Å². The normalized spacial score (nSPS) is 26.2. The first-order valence-electron chi connectivity index (χ1n) is 5.06. The van der Waals surface area contributed by atoms with Gasteiger partial charge in [0.2, 0.25) is 0 Å². The molecule has 1 fully saturated rings. The Morgan fingerprint density at radius 3 is 3.27 bits per heavy atom. The Morgan fingerprint density at radius 2 is 2.60 bits per heavy atom. The summed E-state index contributed by atoms with van der Waals surface area (Å²) >= 11 is 1.20. The van der Waals surface area contributed by atoms with Crippen LogP contribution in [0.1, 0.15) is 23.8 Å². The number of nitrogens with zero attached hydrogens (tertiary/aromatic N) is 2. The number of nitrogens with one attached hydrogen (secondary N) is 2. The minimum absolute atomic E-state index is 0.109. The molecule has 2 rings (SSSR count). The maximum absolute atomic E-state index is 11.7. The Hall–Kier alpha value is -1.01. The van der Waals surface area contributed by atoms with E-state index in [0.29, 0.717) is 11.6 Å². The van der Waals surface area contributed by atoms with Crippen molar-refractivity contribution in [3.63, 3.8) is 0 Å². The molecule has 15 heavy (non-hydrogen) atoms. The van der Waals surface area contributed by atoms with Crippen molar-refractivity contribution in [2.75, 3.05) is 13.1 Å². The number of rotatable bonds is 2. The number of hydrogen-bond donors (Lipinski definition) is 2. The van der Waals surface area contributed by atoms with Crippen molar-refractivity contribution in [1.82, 2.24) is 20.2 Å². The average Bonchev–Trinajstić information content (AvgIpc) is 2.74. The van der Waals surface area contributed by atoms with Gasteiger partial charge in [-0.05, 0) is 37.0 Å². The van der Waals surface area contributed by atoms with E-state index >= 15 is 0 Å². The van der Waals surface area contributed by atoms with Gasteiger partial charge in [0.25, 0.3) is 5.91 Å². The number of amides is 1. The Morgan fingerprint density at radius 1 is 1.73 bits per heavy atom. The highest BCUT2D eigenvalue weighted by Gasteiger charge is 2.23. The Balaban J connectivity index is 1.93. The molecule has 5 nitrogen and oxygen atoms in total. The lowest BCUT2D eigenvalue weighted by Crippen LogP contribution is -2.48. The van der Waals surface area contributed by atoms with E-state index in [4.69, 9.17) is 0 Å². The SMILES string of the molecule is CC1CNCCC1NC(=O)c1csnn1. The lowest BCUT2D eigenvalue weighted by molar-refractivity contribution is 0.0909. The van der Waals surface area contributed by atoms with Gasteiger partial charge in [-0.3, -0.25) is 4.79 Å². The predicted molar refractivity (Wildman–Crippen MR) is 57.8 cm³/mol. The zero-order valence-corrected chi connectivity index (χ0v) is 9.38. The third kappa shape index (κ3) is 2.51. The molecular formula is C9H14N4OS. The maximum Gasteiger partial charge on any atom is 0.272 e. The largest absolute Gasteiger partial charge is 0.348 e. The third-order valence-corrected chi connectivity index (χ3v) is 3.20. The summed E-state index contributed by atoms with van der Waals surface area (Å²) in [6.45, 7) is 4.06. The highest BCUT2D eigenvalue weighted by atomic mass is 32.1. The minimum atomic E-state index is -0.109. The van der Waals surface area contributed by atoms with Crippen molar-refractivity contribution in [3.05, 3.63) is 11.1 Å². The number of carbonyl (C=O) groups is 1. The molecule has 2 atom stereocenters. The third-order valence-electron chi connectivity index (χ3n) is 2.69. The summed E-state index contributed by atoms with van der Waals surface area (Å²) in [5, 5.41) is 11.7. The van der Waals surface area contributed by atoms with Crippen LogP contribution < -0.4 is 10.6 Å². The number of aromatic nitrogens is 2. The molecule has 1 saturated heterocycles. The van der Waals surface area contributed by atoms with Gasteiger partial charge in [0, 0.05) is 11.4 Å². The molecule has 0 bridgehead atoms. The predicted octanol–water partition coefficient (Wildman–Crippen LogP) is 0.266. The summed E-state index contributed by atoms with van der Waals surface area (Å²) in [6, 6.07) is 0.250. The van der Waals surface area contributed by atoms with E-state index in [2.05, 4.69) is 27.1 Å². The topological polar surface area (TPSA) is 66.9 Å². The molecule has 0 saturated carbocycles. The van der Waals surface area contributed by atoms with Crippen LogP contribution in [0.15, 0.2) is 5.38 Å². The van der Waals surface area contributed by atoms with Crippen LogP contribution in [0.25, 0.3) is 0 Å². The van der Waals surface area contributed by atoms with Gasteiger partial charge in [0.15, 0.2) is 5.69 Å². The van der Waals surface area contributed by atoms with Crippen molar-refractivity contribution in [2.45, 2.75) is 19.4 Å². The fourth-order valence-corrected chi connectivity index (χ4v) is 2.17. The van der Waals surface area contributed by atoms with E-state index in [-0.39, 0.29) is 11.9 Å². The van der Waals surface area contributed by atoms with Gasteiger partial charge >= 0.3 is 0 Å². The van der Waals surface area contributed by atoms with E-state index in [9.17, 15) is 4.79 Å². The van der Waals surface area contributed by atoms with Crippen molar-refractivity contribution in [3.8, 4) is 0 Å². The summed E-state index contributed by atoms with van der Waals surface area (Å²) < 4.78 is 3.67. The molecule has 82 valence electrons. The van der Waals surface area contributed by atoms with Crippen molar-refractivity contribution in [2.24, 2.45) is 5.92 Å². The van der Waals surface area contributed by atoms with Crippen molar-refractivity contribution < 1.29 is 4.79 Å². The Labute approximate surface area is 92.4 Å². The van der Waals surface area contributed by atoms with Crippen LogP contribution in [-0.4, -0.2) is 34.6 Å². The number of hydrogen-bond acceptors (Lipinski definition) is 5. The van der Waals surface area contributed by atoms with Gasteiger partial charge in [0.1, 0.15) is 0 Å². The first-order valence-corrected chi connectivity index (χ1v) is 5.89. The summed E-state index contributed by atoms with van der Waals surface area (Å²) in [5.74, 6) is 0.358. The number of piperidine rings is 1. The molecule has 2 N–H and O–H groups in total. The van der Waals surface area contributed by atoms with Gasteiger partial charge in [-0.1, -0.05) is 11.4 Å². The fraction of sp³-hybridized carbons (Fsp3) is 0.667. The van der Waals surface area contributed by atoms with Crippen LogP contribution in [0, 0.1) is 5.92 Å². The minimum Gasteiger partial charge on any atom is -0.348 e. The lowest BCUT2D eigenvalue weighted by Gasteiger charge is -2.29. The monoisotopic (exact) mass is 226 g/mol. The zero-order valence-electron chi connectivity index (χ0n) is 8.56. The molecule has 1 aromatic rings. The van der Waals surface area contributed by atoms with E-state index < -0.39 is 0 Å². The Kier molecular flexibility index (Phi) is 3.27. The van der Waals surface area contributed by atoms with Crippen molar-refractivity contribution in [1.29, 1.82) is 0 Å². The van der Waals surface area contributed by atoms with E-state index in [0.717, 1.165) is 19.5 Å². The number of carbonyl (C=O) groups excluding carboxylic acids is 1. The second-order valence-electron chi connectivity index (χ2n) is 3.84. The molecule has 0 aromatic carbocycles. The highest BCUT2D eigenvalue weighted by Crippen LogP contribution is 2.11. The van der Waals surface area contributed by atoms with Gasteiger partial charge in [-0.25, -0.2) is 0 Å². The van der Waals surface area contributed by atoms with Gasteiger partial charge in [-0.2, -0.15) is 0 Å². The van der Waals surface area contributed by atoms with Gasteiger partial charge < -0.3 is 10.6 Å². The fourth-order valence-electron chi connectivity index (χ4n) is 1.73. The van der Waals surface area contributed by atoms with Crippen LogP contribution in [0.5, 0.6) is 0 Å². The molecule has 1 aliphatic heterocycles. The first kappa shape index (κ1) is 10.5. The molecule has 0 aliphatic carbocycles. The summed E-state index contributed by atoms with van der Waals surface area (Å²) in [6.07, 6.45) is 0.977. The maximum atomic E-state index is 11.7. The average molecular weight is 226 g/mol. The first-order chi connectivity index (χ1) is 7.27. The standard InChI is InChI=1S/C9H14N4OS/c1-6-4-10-3-2-7(6)11-9(14)8-5-15-13-12-8/h5-7,10H,2-4H2,1H3,(H,11,14). The van der Waals surface area contributed by atoms with E-state index in [1.54, 1.807) is 5.38 Å². The molecule has 1 aliphatic rings. The molecule has 1 aromatic heterocycles. The van der Waals surface area contributed by atoms with Crippen LogP contribution in [0.2, 0.25) is 0 Å². The zero-order chi connectivity index (χ0) is 10.7. The smallest absolute Gasteiger partial charge is 0.272 e. The molecule has 2 heterocycles. The molecule has 0 spiro atoms. The van der Waals surface area contributed by atoms with Gasteiger partial charge in [-0.15, -0.1) is 5.10 Å². The summed E-state index contributed by atoms with van der Waals surface area (Å²) in [4.78, 5) is 11.7. The van der Waals surface area contributed by atoms with Crippen LogP contribution in [0.3, 0.4) is 0 Å². The van der Waals surface area contributed by atoms with Crippen molar-refractivity contribution >= 4 is 17.4 Å². The van der Waals surface area contributed by atoms with Crippen LogP contribution in [0.4, 0.5) is 0 Å². The highest BCUT2D eigenvalue weighted by molar-refractivity contribution is 7.03. The van der Waals surface area contributed by atoms with E-state index in [1.165, 1.54) is 11.5 Å². The molecule has 1 amide bonds. The Bertz CT molecular complexity index is 327. The molecular weight excluding hydrogens is 212 g/mol. The molecule has 2 unspecified atom stereocenters.